The lowest BCUT2D eigenvalue weighted by molar-refractivity contribution is -0.158. The van der Waals surface area contributed by atoms with E-state index in [1.807, 2.05) is 91.0 Å². The molecule has 1 aliphatic heterocycles. The van der Waals surface area contributed by atoms with Gasteiger partial charge in [0, 0.05) is 0 Å². The van der Waals surface area contributed by atoms with Crippen LogP contribution >= 0.6 is 0 Å². The van der Waals surface area contributed by atoms with Gasteiger partial charge in [-0.2, -0.15) is 0 Å². The monoisotopic (exact) mass is 584 g/mol. The predicted molar refractivity (Wildman–Crippen MR) is 162 cm³/mol. The maximum absolute atomic E-state index is 14.9. The fourth-order valence-corrected chi connectivity index (χ4v) is 5.45. The first-order valence-electron chi connectivity index (χ1n) is 14.4. The molecule has 1 aliphatic rings. The molecule has 1 saturated heterocycles. The van der Waals surface area contributed by atoms with Crippen LogP contribution in [0.1, 0.15) is 50.3 Å². The first kappa shape index (κ1) is 30.6. The molecule has 0 aromatic heterocycles. The van der Waals surface area contributed by atoms with Crippen LogP contribution in [0.5, 0.6) is 0 Å². The van der Waals surface area contributed by atoms with Crippen LogP contribution in [-0.2, 0) is 29.2 Å². The minimum atomic E-state index is -1.38. The summed E-state index contributed by atoms with van der Waals surface area (Å²) in [5.41, 5.74) is 0.652. The Morgan fingerprint density at radius 2 is 1.21 bits per heavy atom. The van der Waals surface area contributed by atoms with Gasteiger partial charge in [0.25, 0.3) is 0 Å². The highest BCUT2D eigenvalue weighted by Gasteiger charge is 2.43. The Labute approximate surface area is 251 Å². The van der Waals surface area contributed by atoms with Crippen LogP contribution in [0, 0.1) is 11.6 Å². The molecule has 5 nitrogen and oxygen atoms in total. The van der Waals surface area contributed by atoms with E-state index in [1.165, 1.54) is 6.07 Å². The molecule has 222 valence electrons. The normalized spacial score (nSPS) is 17.5. The molecule has 1 fully saturated rings. The molecule has 0 bridgehead atoms. The largest absolute Gasteiger partial charge is 0.500 e. The van der Waals surface area contributed by atoms with Crippen molar-refractivity contribution in [2.24, 2.45) is 0 Å². The van der Waals surface area contributed by atoms with E-state index >= 15 is 0 Å². The number of hydrogen-bond donors (Lipinski definition) is 0. The topological polar surface area (TPSA) is 54.0 Å². The van der Waals surface area contributed by atoms with Gasteiger partial charge in [-0.1, -0.05) is 97.1 Å². The average Bonchev–Trinajstić information content (AvgIpc) is 2.98. The van der Waals surface area contributed by atoms with E-state index in [-0.39, 0.29) is 24.9 Å². The minimum absolute atomic E-state index is 0.0411. The van der Waals surface area contributed by atoms with Gasteiger partial charge in [-0.05, 0) is 56.0 Å². The van der Waals surface area contributed by atoms with E-state index in [1.54, 1.807) is 20.8 Å². The second-order valence-electron chi connectivity index (χ2n) is 11.6. The van der Waals surface area contributed by atoms with Gasteiger partial charge >= 0.3 is 13.1 Å². The Morgan fingerprint density at radius 3 is 1.67 bits per heavy atom. The highest BCUT2D eigenvalue weighted by Crippen LogP contribution is 2.41. The Morgan fingerprint density at radius 1 is 0.744 bits per heavy atom. The second-order valence-corrected chi connectivity index (χ2v) is 11.6. The summed E-state index contributed by atoms with van der Waals surface area (Å²) in [4.78, 5) is 12.8. The fraction of sp³-hybridized carbons (Fsp3) is 0.286. The zero-order valence-electron chi connectivity index (χ0n) is 24.5. The summed E-state index contributed by atoms with van der Waals surface area (Å²) in [5.74, 6) is -2.07. The second kappa shape index (κ2) is 13.2. The molecule has 1 heterocycles. The van der Waals surface area contributed by atoms with Gasteiger partial charge in [-0.15, -0.1) is 0 Å². The van der Waals surface area contributed by atoms with Gasteiger partial charge < -0.3 is 18.8 Å². The SMILES string of the molecule is CC(C)(C)OC(=O)CC1CC(COC(c2ccccc2)(c2ccccc2)c2ccccc2)OB(c2c(F)cccc2F)O1. The zero-order valence-corrected chi connectivity index (χ0v) is 24.5. The molecule has 4 aromatic carbocycles. The Bertz CT molecular complexity index is 1380. The van der Waals surface area contributed by atoms with Crippen LogP contribution < -0.4 is 5.46 Å². The lowest BCUT2D eigenvalue weighted by Crippen LogP contribution is -2.53. The van der Waals surface area contributed by atoms with Crippen LogP contribution in [-0.4, -0.2) is 37.5 Å². The van der Waals surface area contributed by atoms with Crippen LogP contribution in [0.2, 0.25) is 0 Å². The lowest BCUT2D eigenvalue weighted by Gasteiger charge is -2.39. The number of rotatable bonds is 9. The molecule has 0 spiro atoms. The van der Waals surface area contributed by atoms with Crippen molar-refractivity contribution in [2.75, 3.05) is 6.61 Å². The highest BCUT2D eigenvalue weighted by molar-refractivity contribution is 6.61. The fourth-order valence-electron chi connectivity index (χ4n) is 5.45. The number of carbonyl (C=O) groups is 1. The van der Waals surface area contributed by atoms with Crippen LogP contribution in [0.15, 0.2) is 109 Å². The van der Waals surface area contributed by atoms with E-state index in [0.29, 0.717) is 0 Å². The van der Waals surface area contributed by atoms with Gasteiger partial charge in [0.1, 0.15) is 22.8 Å². The van der Waals surface area contributed by atoms with Gasteiger partial charge in [-0.3, -0.25) is 4.79 Å². The number of esters is 1. The summed E-state index contributed by atoms with van der Waals surface area (Å²) >= 11 is 0. The molecule has 43 heavy (non-hydrogen) atoms. The van der Waals surface area contributed by atoms with Crippen LogP contribution in [0.3, 0.4) is 0 Å². The van der Waals surface area contributed by atoms with E-state index < -0.39 is 48.1 Å². The minimum Gasteiger partial charge on any atom is -0.460 e. The molecule has 2 atom stereocenters. The number of carbonyl (C=O) groups excluding carboxylic acids is 1. The Hall–Kier alpha value is -3.85. The number of halogens is 2. The third-order valence-corrected chi connectivity index (χ3v) is 7.23. The van der Waals surface area contributed by atoms with Crippen molar-refractivity contribution in [1.82, 2.24) is 0 Å². The zero-order chi connectivity index (χ0) is 30.5. The standard InChI is InChI=1S/C35H35BF2O5/c1-34(2,3)41-32(39)23-28-22-29(43-36(42-28)33-30(37)20-13-21-31(33)38)24-40-35(25-14-7-4-8-15-25,26-16-9-5-10-17-26)27-18-11-6-12-19-27/h4-21,28-29H,22-24H2,1-3H3. The Balaban J connectivity index is 1.50. The molecule has 2 unspecified atom stereocenters. The Kier molecular flexibility index (Phi) is 9.40. The molecule has 0 radical (unpaired) electrons. The van der Waals surface area contributed by atoms with E-state index in [4.69, 9.17) is 18.8 Å². The van der Waals surface area contributed by atoms with Crippen molar-refractivity contribution in [3.63, 3.8) is 0 Å². The average molecular weight is 584 g/mol. The first-order chi connectivity index (χ1) is 20.7. The van der Waals surface area contributed by atoms with Crippen molar-refractivity contribution >= 4 is 18.6 Å². The third-order valence-electron chi connectivity index (χ3n) is 7.23. The quantitative estimate of drug-likeness (QED) is 0.127. The number of ether oxygens (including phenoxy) is 2. The van der Waals surface area contributed by atoms with E-state index in [2.05, 4.69) is 0 Å². The van der Waals surface area contributed by atoms with Crippen molar-refractivity contribution in [3.8, 4) is 0 Å². The molecule has 0 N–H and O–H groups in total. The predicted octanol–water partition coefficient (Wildman–Crippen LogP) is 6.57. The maximum atomic E-state index is 14.9. The van der Waals surface area contributed by atoms with Crippen LogP contribution in [0.4, 0.5) is 8.78 Å². The van der Waals surface area contributed by atoms with Crippen molar-refractivity contribution < 1.29 is 32.4 Å². The van der Waals surface area contributed by atoms with Gasteiger partial charge in [0.2, 0.25) is 0 Å². The highest BCUT2D eigenvalue weighted by atomic mass is 19.1. The summed E-state index contributed by atoms with van der Waals surface area (Å²) in [7, 11) is -1.38. The lowest BCUT2D eigenvalue weighted by atomic mass is 9.75. The van der Waals surface area contributed by atoms with E-state index in [9.17, 15) is 13.6 Å². The van der Waals surface area contributed by atoms with Gasteiger partial charge in [0.05, 0.1) is 30.7 Å². The van der Waals surface area contributed by atoms with Gasteiger partial charge in [0.15, 0.2) is 0 Å². The molecular weight excluding hydrogens is 549 g/mol. The smallest absolute Gasteiger partial charge is 0.460 e. The van der Waals surface area contributed by atoms with E-state index in [0.717, 1.165) is 28.8 Å². The summed E-state index contributed by atoms with van der Waals surface area (Å²) in [6, 6.07) is 33.2. The van der Waals surface area contributed by atoms with Crippen molar-refractivity contribution in [3.05, 3.63) is 138 Å². The summed E-state index contributed by atoms with van der Waals surface area (Å²) in [6.07, 6.45) is -1.24. The number of hydrogen-bond acceptors (Lipinski definition) is 5. The molecule has 0 aliphatic carbocycles. The number of benzene rings is 4. The molecule has 0 saturated carbocycles. The maximum Gasteiger partial charge on any atom is 0.500 e. The summed E-state index contributed by atoms with van der Waals surface area (Å²) < 4.78 is 54.4. The van der Waals surface area contributed by atoms with Crippen molar-refractivity contribution in [2.45, 2.75) is 57.0 Å². The van der Waals surface area contributed by atoms with Crippen molar-refractivity contribution in [1.29, 1.82) is 0 Å². The molecule has 0 amide bonds. The van der Waals surface area contributed by atoms with Crippen LogP contribution in [0.25, 0.3) is 0 Å². The van der Waals surface area contributed by atoms with Gasteiger partial charge in [-0.25, -0.2) is 8.78 Å². The third kappa shape index (κ3) is 7.21. The summed E-state index contributed by atoms with van der Waals surface area (Å²) in [5, 5.41) is 0. The first-order valence-corrected chi connectivity index (χ1v) is 14.4. The molecule has 4 aromatic rings. The summed E-state index contributed by atoms with van der Waals surface area (Å²) in [6.45, 7) is 5.38. The molecule has 5 rings (SSSR count). The molecule has 8 heteroatoms. The molecular formula is C35H35BF2O5.